The average Bonchev–Trinajstić information content (AvgIpc) is 2.49. The maximum absolute atomic E-state index is 12.0. The second kappa shape index (κ2) is 7.39. The number of hydrogen-bond donors (Lipinski definition) is 3. The molecular weight excluding hydrogens is 324 g/mol. The van der Waals surface area contributed by atoms with E-state index in [9.17, 15) is 4.79 Å². The van der Waals surface area contributed by atoms with Gasteiger partial charge in [0.25, 0.3) is 0 Å². The van der Waals surface area contributed by atoms with Crippen LogP contribution in [0.2, 0.25) is 0 Å². The number of nitrogens with one attached hydrogen (secondary N) is 2. The van der Waals surface area contributed by atoms with Crippen molar-refractivity contribution in [2.45, 2.75) is 25.7 Å². The van der Waals surface area contributed by atoms with E-state index in [1.165, 1.54) is 12.7 Å². The third-order valence-electron chi connectivity index (χ3n) is 3.27. The van der Waals surface area contributed by atoms with Crippen molar-refractivity contribution in [1.82, 2.24) is 14.9 Å². The third-order valence-corrected chi connectivity index (χ3v) is 4.02. The zero-order valence-corrected chi connectivity index (χ0v) is 12.8. The fourth-order valence-electron chi connectivity index (χ4n) is 2.18. The molecule has 1 amide bonds. The van der Waals surface area contributed by atoms with E-state index in [2.05, 4.69) is 36.6 Å². The monoisotopic (exact) mass is 342 g/mol. The molecule has 0 bridgehead atoms. The number of nitrogens with zero attached hydrogens (tertiary/aromatic N) is 3. The lowest BCUT2D eigenvalue weighted by molar-refractivity contribution is -0.131. The highest BCUT2D eigenvalue weighted by molar-refractivity contribution is 9.10. The normalized spacial score (nSPS) is 15.0. The first-order valence-electron chi connectivity index (χ1n) is 6.71. The third kappa shape index (κ3) is 3.80. The molecule has 1 fully saturated rings. The van der Waals surface area contributed by atoms with E-state index >= 15 is 0 Å². The lowest BCUT2D eigenvalue weighted by atomic mass is 10.1. The summed E-state index contributed by atoms with van der Waals surface area (Å²) in [4.78, 5) is 22.0. The van der Waals surface area contributed by atoms with Crippen LogP contribution in [0.1, 0.15) is 25.7 Å². The molecule has 1 aromatic heterocycles. The predicted octanol–water partition coefficient (Wildman–Crippen LogP) is 1.34. The Hall–Kier alpha value is -1.41. The first-order valence-corrected chi connectivity index (χ1v) is 7.50. The molecule has 0 unspecified atom stereocenters. The number of piperidine rings is 1. The Morgan fingerprint density at radius 1 is 1.30 bits per heavy atom. The number of amides is 1. The summed E-state index contributed by atoms with van der Waals surface area (Å²) < 4.78 is 0.660. The van der Waals surface area contributed by atoms with E-state index in [0.717, 1.165) is 25.9 Å². The van der Waals surface area contributed by atoms with Crippen LogP contribution in [-0.2, 0) is 4.79 Å². The van der Waals surface area contributed by atoms with Crippen molar-refractivity contribution in [2.75, 3.05) is 30.4 Å². The van der Waals surface area contributed by atoms with E-state index < -0.39 is 0 Å². The molecule has 1 aliphatic heterocycles. The molecular formula is C12H19BrN6O. The lowest BCUT2D eigenvalue weighted by Gasteiger charge is -2.26. The van der Waals surface area contributed by atoms with Crippen LogP contribution in [0.4, 0.5) is 11.6 Å². The van der Waals surface area contributed by atoms with Gasteiger partial charge in [0.05, 0.1) is 0 Å². The Bertz CT molecular complexity index is 463. The zero-order valence-electron chi connectivity index (χ0n) is 11.2. The number of halogens is 1. The number of hydrogen-bond acceptors (Lipinski definition) is 6. The molecule has 2 heterocycles. The molecule has 0 atom stereocenters. The molecule has 20 heavy (non-hydrogen) atoms. The van der Waals surface area contributed by atoms with E-state index in [1.807, 2.05) is 4.90 Å². The minimum absolute atomic E-state index is 0.194. The van der Waals surface area contributed by atoms with Crippen LogP contribution in [0.15, 0.2) is 10.8 Å². The predicted molar refractivity (Wildman–Crippen MR) is 81.1 cm³/mol. The molecule has 1 aliphatic rings. The van der Waals surface area contributed by atoms with Crippen molar-refractivity contribution in [3.63, 3.8) is 0 Å². The van der Waals surface area contributed by atoms with Gasteiger partial charge >= 0.3 is 0 Å². The molecule has 1 aromatic rings. The number of carbonyl (C=O) groups is 1. The molecule has 0 spiro atoms. The van der Waals surface area contributed by atoms with E-state index in [1.54, 1.807) is 0 Å². The second-order valence-corrected chi connectivity index (χ2v) is 5.44. The Morgan fingerprint density at radius 3 is 2.70 bits per heavy atom. The van der Waals surface area contributed by atoms with Crippen molar-refractivity contribution in [2.24, 2.45) is 5.84 Å². The zero-order chi connectivity index (χ0) is 14.4. The number of nitrogens with two attached hydrogens (primary N) is 1. The van der Waals surface area contributed by atoms with Gasteiger partial charge < -0.3 is 15.6 Å². The number of rotatable bonds is 5. The van der Waals surface area contributed by atoms with Gasteiger partial charge in [0.2, 0.25) is 5.91 Å². The topological polar surface area (TPSA) is 96.2 Å². The summed E-state index contributed by atoms with van der Waals surface area (Å²) in [7, 11) is 0. The van der Waals surface area contributed by atoms with Crippen molar-refractivity contribution in [1.29, 1.82) is 0 Å². The van der Waals surface area contributed by atoms with Crippen LogP contribution in [-0.4, -0.2) is 40.4 Å². The Kier molecular flexibility index (Phi) is 5.54. The first-order chi connectivity index (χ1) is 9.72. The van der Waals surface area contributed by atoms with Gasteiger partial charge in [-0.3, -0.25) is 4.79 Å². The quantitative estimate of drug-likeness (QED) is 0.552. The number of carbonyl (C=O) groups excluding carboxylic acids is 1. The molecule has 0 aromatic carbocycles. The van der Waals surface area contributed by atoms with Gasteiger partial charge in [0.15, 0.2) is 5.82 Å². The smallest absolute Gasteiger partial charge is 0.224 e. The summed E-state index contributed by atoms with van der Waals surface area (Å²) in [5.74, 6) is 6.66. The maximum atomic E-state index is 12.0. The van der Waals surface area contributed by atoms with Gasteiger partial charge in [-0.1, -0.05) is 0 Å². The fraction of sp³-hybridized carbons (Fsp3) is 0.583. The van der Waals surface area contributed by atoms with Gasteiger partial charge in [-0.25, -0.2) is 15.8 Å². The van der Waals surface area contributed by atoms with Crippen molar-refractivity contribution < 1.29 is 4.79 Å². The summed E-state index contributed by atoms with van der Waals surface area (Å²) >= 11 is 3.36. The molecule has 2 rings (SSSR count). The van der Waals surface area contributed by atoms with Crippen LogP contribution < -0.4 is 16.6 Å². The van der Waals surface area contributed by atoms with Gasteiger partial charge in [0, 0.05) is 26.1 Å². The summed E-state index contributed by atoms with van der Waals surface area (Å²) in [5, 5.41) is 3.12. The van der Waals surface area contributed by atoms with Crippen molar-refractivity contribution in [3.8, 4) is 0 Å². The van der Waals surface area contributed by atoms with Crippen molar-refractivity contribution >= 4 is 33.5 Å². The van der Waals surface area contributed by atoms with E-state index in [-0.39, 0.29) is 5.91 Å². The van der Waals surface area contributed by atoms with E-state index in [4.69, 9.17) is 5.84 Å². The average molecular weight is 343 g/mol. The first kappa shape index (κ1) is 15.0. The Balaban J connectivity index is 1.82. The Labute approximate surface area is 126 Å². The summed E-state index contributed by atoms with van der Waals surface area (Å²) in [6.07, 6.45) is 5.33. The molecule has 0 radical (unpaired) electrons. The van der Waals surface area contributed by atoms with Crippen LogP contribution in [0.5, 0.6) is 0 Å². The Morgan fingerprint density at radius 2 is 2.00 bits per heavy atom. The van der Waals surface area contributed by atoms with Gasteiger partial charge in [-0.05, 0) is 35.2 Å². The summed E-state index contributed by atoms with van der Waals surface area (Å²) in [6, 6.07) is 0. The number of nitrogen functional groups attached to an aromatic ring is 1. The molecule has 7 nitrogen and oxygen atoms in total. The highest BCUT2D eigenvalue weighted by atomic mass is 79.9. The van der Waals surface area contributed by atoms with Crippen LogP contribution in [0.3, 0.4) is 0 Å². The van der Waals surface area contributed by atoms with Crippen LogP contribution in [0.25, 0.3) is 0 Å². The summed E-state index contributed by atoms with van der Waals surface area (Å²) in [6.45, 7) is 2.31. The van der Waals surface area contributed by atoms with Gasteiger partial charge in [-0.15, -0.1) is 0 Å². The molecule has 8 heteroatoms. The highest BCUT2D eigenvalue weighted by Gasteiger charge is 2.16. The number of likely N-dealkylation sites (tertiary alicyclic amines) is 1. The SMILES string of the molecule is NNc1ncnc(NCCC(=O)N2CCCCC2)c1Br. The molecule has 0 aliphatic carbocycles. The van der Waals surface area contributed by atoms with Crippen molar-refractivity contribution in [3.05, 3.63) is 10.8 Å². The van der Waals surface area contributed by atoms with E-state index in [0.29, 0.717) is 29.1 Å². The van der Waals surface area contributed by atoms with Gasteiger partial charge in [-0.2, -0.15) is 0 Å². The largest absolute Gasteiger partial charge is 0.368 e. The molecule has 4 N–H and O–H groups in total. The highest BCUT2D eigenvalue weighted by Crippen LogP contribution is 2.25. The summed E-state index contributed by atoms with van der Waals surface area (Å²) in [5.41, 5.74) is 2.47. The lowest BCUT2D eigenvalue weighted by Crippen LogP contribution is -2.36. The van der Waals surface area contributed by atoms with Crippen LogP contribution in [0, 0.1) is 0 Å². The number of anilines is 2. The number of aromatic nitrogens is 2. The second-order valence-electron chi connectivity index (χ2n) is 4.65. The molecule has 110 valence electrons. The van der Waals surface area contributed by atoms with Crippen LogP contribution >= 0.6 is 15.9 Å². The fourth-order valence-corrected chi connectivity index (χ4v) is 2.64. The van der Waals surface area contributed by atoms with Gasteiger partial charge in [0.1, 0.15) is 16.6 Å². The number of hydrazine groups is 1. The minimum Gasteiger partial charge on any atom is -0.368 e. The molecule has 1 saturated heterocycles. The molecule has 0 saturated carbocycles. The standard InChI is InChI=1S/C12H19BrN6O/c13-10-11(16-8-17-12(10)18-14)15-5-4-9(20)19-6-2-1-3-7-19/h8H,1-7,14H2,(H2,15,16,17,18). The maximum Gasteiger partial charge on any atom is 0.224 e. The minimum atomic E-state index is 0.194.